The lowest BCUT2D eigenvalue weighted by atomic mass is 9.81. The van der Waals surface area contributed by atoms with Gasteiger partial charge in [-0.2, -0.15) is 0 Å². The lowest BCUT2D eigenvalue weighted by Gasteiger charge is -2.49. The summed E-state index contributed by atoms with van der Waals surface area (Å²) in [6, 6.07) is 6.63. The highest BCUT2D eigenvalue weighted by Gasteiger charge is 2.42. The quantitative estimate of drug-likeness (QED) is 0.810. The molecular weight excluding hydrogens is 338 g/mol. The number of benzene rings is 1. The third kappa shape index (κ3) is 4.28. The molecule has 2 N–H and O–H groups in total. The minimum absolute atomic E-state index is 0.00250. The van der Waals surface area contributed by atoms with Crippen molar-refractivity contribution in [3.8, 4) is 0 Å². The highest BCUT2D eigenvalue weighted by molar-refractivity contribution is 5.91. The number of hydrogen-bond donors (Lipinski definition) is 2. The number of nitrogens with one attached hydrogen (secondary N) is 2. The molecule has 3 amide bonds. The average molecular weight is 372 g/mol. The lowest BCUT2D eigenvalue weighted by molar-refractivity contribution is -0.129. The van der Waals surface area contributed by atoms with E-state index >= 15 is 0 Å². The van der Waals surface area contributed by atoms with Crippen LogP contribution < -0.4 is 10.6 Å². The third-order valence-corrected chi connectivity index (χ3v) is 5.94. The standard InChI is InChI=1S/C22H33N3O2/c1-14-8-6-9-15(2)19(14)24-21(27)25-17-10-7-11-18(25)13-16(12-17)23-20(26)22(3,4)5/h6,8-9,16-18H,7,10-13H2,1-5H3,(H,23,26)(H,24,27)/t16?,17-,18+. The van der Waals surface area contributed by atoms with Gasteiger partial charge in [-0.3, -0.25) is 4.79 Å². The monoisotopic (exact) mass is 371 g/mol. The number of hydrogen-bond acceptors (Lipinski definition) is 2. The fourth-order valence-corrected chi connectivity index (χ4v) is 4.42. The third-order valence-electron chi connectivity index (χ3n) is 5.94. The summed E-state index contributed by atoms with van der Waals surface area (Å²) in [4.78, 5) is 27.5. The van der Waals surface area contributed by atoms with Crippen molar-refractivity contribution in [1.82, 2.24) is 10.2 Å². The number of anilines is 1. The van der Waals surface area contributed by atoms with Crippen LogP contribution in [0.1, 0.15) is 64.0 Å². The van der Waals surface area contributed by atoms with Gasteiger partial charge in [-0.25, -0.2) is 4.79 Å². The van der Waals surface area contributed by atoms with Gasteiger partial charge in [-0.05, 0) is 57.1 Å². The number of piperidine rings is 2. The van der Waals surface area contributed by atoms with Gasteiger partial charge in [0.05, 0.1) is 0 Å². The van der Waals surface area contributed by atoms with Crippen LogP contribution in [0, 0.1) is 19.3 Å². The predicted molar refractivity (Wildman–Crippen MR) is 109 cm³/mol. The molecule has 3 rings (SSSR count). The molecule has 3 atom stereocenters. The van der Waals surface area contributed by atoms with E-state index in [9.17, 15) is 9.59 Å². The summed E-state index contributed by atoms with van der Waals surface area (Å²) in [6.45, 7) is 9.87. The summed E-state index contributed by atoms with van der Waals surface area (Å²) in [5.74, 6) is 0.0963. The van der Waals surface area contributed by atoms with Crippen molar-refractivity contribution >= 4 is 17.6 Å². The van der Waals surface area contributed by atoms with Crippen LogP contribution in [0.2, 0.25) is 0 Å². The Morgan fingerprint density at radius 2 is 1.59 bits per heavy atom. The Morgan fingerprint density at radius 1 is 1.04 bits per heavy atom. The van der Waals surface area contributed by atoms with E-state index in [4.69, 9.17) is 0 Å². The molecule has 2 heterocycles. The number of aryl methyl sites for hydroxylation is 2. The number of carbonyl (C=O) groups excluding carboxylic acids is 2. The van der Waals surface area contributed by atoms with Crippen molar-refractivity contribution < 1.29 is 9.59 Å². The van der Waals surface area contributed by atoms with Crippen molar-refractivity contribution in [3.63, 3.8) is 0 Å². The lowest BCUT2D eigenvalue weighted by Crippen LogP contribution is -2.60. The number of fused-ring (bicyclic) bond motifs is 2. The molecule has 2 saturated heterocycles. The van der Waals surface area contributed by atoms with E-state index in [2.05, 4.69) is 15.5 Å². The molecule has 5 nitrogen and oxygen atoms in total. The topological polar surface area (TPSA) is 61.4 Å². The summed E-state index contributed by atoms with van der Waals surface area (Å²) in [5, 5.41) is 6.37. The average Bonchev–Trinajstić information content (AvgIpc) is 2.56. The molecule has 0 spiro atoms. The van der Waals surface area contributed by atoms with E-state index < -0.39 is 0 Å². The van der Waals surface area contributed by atoms with Gasteiger partial charge in [0, 0.05) is 29.2 Å². The molecule has 148 valence electrons. The molecular formula is C22H33N3O2. The van der Waals surface area contributed by atoms with Gasteiger partial charge in [0.15, 0.2) is 0 Å². The van der Waals surface area contributed by atoms with Crippen LogP contribution in [0.4, 0.5) is 10.5 Å². The van der Waals surface area contributed by atoms with Crippen LogP contribution in [-0.2, 0) is 4.79 Å². The first kappa shape index (κ1) is 19.7. The van der Waals surface area contributed by atoms with Gasteiger partial charge < -0.3 is 15.5 Å². The van der Waals surface area contributed by atoms with E-state index in [1.807, 2.05) is 52.8 Å². The number of rotatable bonds is 2. The molecule has 2 aliphatic heterocycles. The maximum atomic E-state index is 13.1. The zero-order chi connectivity index (χ0) is 19.8. The molecule has 2 fully saturated rings. The van der Waals surface area contributed by atoms with Crippen LogP contribution in [0.5, 0.6) is 0 Å². The molecule has 5 heteroatoms. The van der Waals surface area contributed by atoms with Crippen molar-refractivity contribution in [2.45, 2.75) is 84.8 Å². The van der Waals surface area contributed by atoms with E-state index in [-0.39, 0.29) is 35.5 Å². The normalized spacial score (nSPS) is 25.1. The minimum atomic E-state index is -0.383. The van der Waals surface area contributed by atoms with Crippen molar-refractivity contribution in [1.29, 1.82) is 0 Å². The van der Waals surface area contributed by atoms with Crippen molar-refractivity contribution in [2.24, 2.45) is 5.41 Å². The molecule has 2 bridgehead atoms. The first-order chi connectivity index (χ1) is 12.7. The van der Waals surface area contributed by atoms with Crippen LogP contribution >= 0.6 is 0 Å². The van der Waals surface area contributed by atoms with Gasteiger partial charge >= 0.3 is 6.03 Å². The highest BCUT2D eigenvalue weighted by Crippen LogP contribution is 2.35. The molecule has 0 saturated carbocycles. The molecule has 0 radical (unpaired) electrons. The van der Waals surface area contributed by atoms with E-state index in [1.165, 1.54) is 0 Å². The Balaban J connectivity index is 1.71. The van der Waals surface area contributed by atoms with Gasteiger partial charge in [-0.1, -0.05) is 39.0 Å². The molecule has 2 aliphatic rings. The Bertz CT molecular complexity index is 689. The summed E-state index contributed by atoms with van der Waals surface area (Å²) < 4.78 is 0. The van der Waals surface area contributed by atoms with Gasteiger partial charge in [0.25, 0.3) is 0 Å². The largest absolute Gasteiger partial charge is 0.353 e. The SMILES string of the molecule is Cc1cccc(C)c1NC(=O)N1[C@@H]2CCC[C@H]1CC(NC(=O)C(C)(C)C)C2. The Labute approximate surface area is 162 Å². The minimum Gasteiger partial charge on any atom is -0.353 e. The van der Waals surface area contributed by atoms with E-state index in [1.54, 1.807) is 0 Å². The molecule has 1 unspecified atom stereocenters. The number of amides is 3. The first-order valence-electron chi connectivity index (χ1n) is 10.1. The number of nitrogens with zero attached hydrogens (tertiary/aromatic N) is 1. The van der Waals surface area contributed by atoms with Crippen LogP contribution in [-0.4, -0.2) is 35.0 Å². The zero-order valence-electron chi connectivity index (χ0n) is 17.3. The van der Waals surface area contributed by atoms with Crippen LogP contribution in [0.15, 0.2) is 18.2 Å². The molecule has 1 aromatic rings. The fourth-order valence-electron chi connectivity index (χ4n) is 4.42. The van der Waals surface area contributed by atoms with Crippen molar-refractivity contribution in [2.75, 3.05) is 5.32 Å². The highest BCUT2D eigenvalue weighted by atomic mass is 16.2. The predicted octanol–water partition coefficient (Wildman–Crippen LogP) is 4.38. The molecule has 1 aromatic carbocycles. The molecule has 27 heavy (non-hydrogen) atoms. The second-order valence-corrected chi connectivity index (χ2v) is 9.23. The maximum absolute atomic E-state index is 13.1. The van der Waals surface area contributed by atoms with E-state index in [0.717, 1.165) is 48.9 Å². The Hall–Kier alpha value is -2.04. The maximum Gasteiger partial charge on any atom is 0.322 e. The Morgan fingerprint density at radius 3 is 2.11 bits per heavy atom. The smallest absolute Gasteiger partial charge is 0.322 e. The van der Waals surface area contributed by atoms with Crippen LogP contribution in [0.3, 0.4) is 0 Å². The number of urea groups is 1. The van der Waals surface area contributed by atoms with Crippen LogP contribution in [0.25, 0.3) is 0 Å². The van der Waals surface area contributed by atoms with Gasteiger partial charge in [0.1, 0.15) is 0 Å². The second-order valence-electron chi connectivity index (χ2n) is 9.23. The summed E-state index contributed by atoms with van der Waals surface area (Å²) >= 11 is 0. The van der Waals surface area contributed by atoms with Gasteiger partial charge in [-0.15, -0.1) is 0 Å². The fraction of sp³-hybridized carbons (Fsp3) is 0.636. The molecule has 0 aliphatic carbocycles. The molecule has 0 aromatic heterocycles. The van der Waals surface area contributed by atoms with E-state index in [0.29, 0.717) is 0 Å². The Kier molecular flexibility index (Phi) is 5.50. The van der Waals surface area contributed by atoms with Gasteiger partial charge in [0.2, 0.25) is 5.91 Å². The number of para-hydroxylation sites is 1. The summed E-state index contributed by atoms with van der Waals surface area (Å²) in [7, 11) is 0. The summed E-state index contributed by atoms with van der Waals surface area (Å²) in [6.07, 6.45) is 4.87. The second kappa shape index (κ2) is 7.53. The van der Waals surface area contributed by atoms with Crippen molar-refractivity contribution in [3.05, 3.63) is 29.3 Å². The summed E-state index contributed by atoms with van der Waals surface area (Å²) in [5.41, 5.74) is 2.71. The first-order valence-corrected chi connectivity index (χ1v) is 10.1. The zero-order valence-corrected chi connectivity index (χ0v) is 17.3. The number of carbonyl (C=O) groups is 2.